The van der Waals surface area contributed by atoms with Crippen molar-refractivity contribution in [2.24, 2.45) is 0 Å². The van der Waals surface area contributed by atoms with Gasteiger partial charge in [0.2, 0.25) is 0 Å². The minimum Gasteiger partial charge on any atom is -0.348 e. The van der Waals surface area contributed by atoms with Gasteiger partial charge in [0.15, 0.2) is 0 Å². The van der Waals surface area contributed by atoms with Crippen LogP contribution in [0.25, 0.3) is 16.8 Å². The molecule has 0 bridgehead atoms. The van der Waals surface area contributed by atoms with Crippen molar-refractivity contribution in [2.75, 3.05) is 0 Å². The molecule has 0 saturated carbocycles. The van der Waals surface area contributed by atoms with E-state index in [9.17, 15) is 9.18 Å². The summed E-state index contributed by atoms with van der Waals surface area (Å²) in [6.07, 6.45) is 3.72. The minimum absolute atomic E-state index is 0.192. The number of carbonyl (C=O) groups excluding carboxylic acids is 1. The zero-order valence-corrected chi connectivity index (χ0v) is 20.1. The Morgan fingerprint density at radius 2 is 1.69 bits per heavy atom. The first-order valence-corrected chi connectivity index (χ1v) is 11.7. The maximum absolute atomic E-state index is 13.3. The van der Waals surface area contributed by atoms with Crippen molar-refractivity contribution in [3.05, 3.63) is 125 Å². The molecule has 0 radical (unpaired) electrons. The number of aromatic nitrogens is 4. The highest BCUT2D eigenvalue weighted by atomic mass is 19.1. The molecule has 6 nitrogen and oxygen atoms in total. The van der Waals surface area contributed by atoms with Crippen molar-refractivity contribution < 1.29 is 9.18 Å². The third-order valence-corrected chi connectivity index (χ3v) is 6.22. The zero-order valence-electron chi connectivity index (χ0n) is 20.1. The summed E-state index contributed by atoms with van der Waals surface area (Å²) in [4.78, 5) is 13.2. The lowest BCUT2D eigenvalue weighted by molar-refractivity contribution is 0.0949. The van der Waals surface area contributed by atoms with Gasteiger partial charge in [0.25, 0.3) is 5.91 Å². The first kappa shape index (κ1) is 23.2. The van der Waals surface area contributed by atoms with Crippen LogP contribution in [0, 0.1) is 19.7 Å². The molecule has 0 atom stereocenters. The van der Waals surface area contributed by atoms with Crippen molar-refractivity contribution in [2.45, 2.75) is 26.9 Å². The third kappa shape index (κ3) is 4.81. The highest BCUT2D eigenvalue weighted by Crippen LogP contribution is 2.25. The van der Waals surface area contributed by atoms with Crippen LogP contribution >= 0.6 is 0 Å². The van der Waals surface area contributed by atoms with Gasteiger partial charge in [-0.3, -0.25) is 9.48 Å². The molecule has 36 heavy (non-hydrogen) atoms. The van der Waals surface area contributed by atoms with E-state index in [0.717, 1.165) is 28.8 Å². The molecular weight excluding hydrogens is 453 g/mol. The second kappa shape index (κ2) is 10.00. The van der Waals surface area contributed by atoms with Gasteiger partial charge >= 0.3 is 0 Å². The van der Waals surface area contributed by atoms with Crippen molar-refractivity contribution in [1.29, 1.82) is 0 Å². The van der Waals surface area contributed by atoms with Gasteiger partial charge < -0.3 is 5.32 Å². The van der Waals surface area contributed by atoms with Crippen LogP contribution in [0.15, 0.2) is 91.3 Å². The predicted molar refractivity (Wildman–Crippen MR) is 137 cm³/mol. The molecule has 0 aliphatic heterocycles. The average molecular weight is 480 g/mol. The number of aryl methyl sites for hydroxylation is 1. The monoisotopic (exact) mass is 479 g/mol. The Balaban J connectivity index is 1.32. The maximum Gasteiger partial charge on any atom is 0.255 e. The highest BCUT2D eigenvalue weighted by Gasteiger charge is 2.19. The first-order chi connectivity index (χ1) is 17.5. The molecule has 1 amide bonds. The summed E-state index contributed by atoms with van der Waals surface area (Å²) in [5, 5.41) is 11.8. The molecule has 0 unspecified atom stereocenters. The Labute approximate surface area is 209 Å². The van der Waals surface area contributed by atoms with Gasteiger partial charge in [0.1, 0.15) is 5.82 Å². The summed E-state index contributed by atoms with van der Waals surface area (Å²) >= 11 is 0. The molecule has 5 rings (SSSR count). The van der Waals surface area contributed by atoms with Gasteiger partial charge in [-0.2, -0.15) is 10.2 Å². The van der Waals surface area contributed by atoms with Crippen LogP contribution < -0.4 is 5.32 Å². The van der Waals surface area contributed by atoms with Crippen molar-refractivity contribution >= 4 is 5.91 Å². The number of benzene rings is 3. The van der Waals surface area contributed by atoms with Crippen molar-refractivity contribution in [3.8, 4) is 16.8 Å². The van der Waals surface area contributed by atoms with Crippen LogP contribution in [0.4, 0.5) is 4.39 Å². The molecule has 1 N–H and O–H groups in total. The van der Waals surface area contributed by atoms with Gasteiger partial charge in [-0.25, -0.2) is 9.07 Å². The number of nitrogens with one attached hydrogen (secondary N) is 1. The van der Waals surface area contributed by atoms with E-state index in [1.165, 1.54) is 12.1 Å². The van der Waals surface area contributed by atoms with Gasteiger partial charge in [0.05, 0.1) is 29.2 Å². The van der Waals surface area contributed by atoms with E-state index in [1.807, 2.05) is 42.1 Å². The summed E-state index contributed by atoms with van der Waals surface area (Å²) in [7, 11) is 0. The molecular formula is C29H26FN5O. The van der Waals surface area contributed by atoms with Crippen LogP contribution in [0.3, 0.4) is 0 Å². The normalized spacial score (nSPS) is 11.0. The number of rotatable bonds is 7. The Bertz CT molecular complexity index is 1490. The lowest BCUT2D eigenvalue weighted by Crippen LogP contribution is -2.24. The standard InChI is InChI=1S/C29H26FN5O/c1-20-28(21(2)35(33-20)26-14-12-25(30)13-15-26)29(36)31-18-24-6-3-4-7-27(24)23-10-8-22(9-11-23)19-34-17-5-16-32-34/h3-17H,18-19H2,1-2H3,(H,31,36). The van der Waals surface area contributed by atoms with E-state index in [1.54, 1.807) is 29.9 Å². The second-order valence-corrected chi connectivity index (χ2v) is 8.67. The second-order valence-electron chi connectivity index (χ2n) is 8.67. The summed E-state index contributed by atoms with van der Waals surface area (Å²) in [5.74, 6) is -0.507. The molecule has 2 aromatic heterocycles. The summed E-state index contributed by atoms with van der Waals surface area (Å²) < 4.78 is 16.9. The molecule has 0 aliphatic carbocycles. The zero-order chi connectivity index (χ0) is 25.1. The van der Waals surface area contributed by atoms with Crippen LogP contribution in [0.1, 0.15) is 32.9 Å². The smallest absolute Gasteiger partial charge is 0.255 e. The predicted octanol–water partition coefficient (Wildman–Crippen LogP) is 5.47. The van der Waals surface area contributed by atoms with Gasteiger partial charge in [-0.05, 0) is 66.4 Å². The van der Waals surface area contributed by atoms with Gasteiger partial charge in [-0.15, -0.1) is 0 Å². The molecule has 0 fully saturated rings. The molecule has 2 heterocycles. The summed E-state index contributed by atoms with van der Waals surface area (Å²) in [6, 6.07) is 24.4. The Kier molecular flexibility index (Phi) is 6.45. The summed E-state index contributed by atoms with van der Waals surface area (Å²) in [5.41, 5.74) is 6.90. The molecule has 7 heteroatoms. The fraction of sp³-hybridized carbons (Fsp3) is 0.138. The van der Waals surface area contributed by atoms with E-state index < -0.39 is 0 Å². The molecule has 0 aliphatic rings. The van der Waals surface area contributed by atoms with Crippen molar-refractivity contribution in [3.63, 3.8) is 0 Å². The van der Waals surface area contributed by atoms with E-state index in [2.05, 4.69) is 45.8 Å². The quantitative estimate of drug-likeness (QED) is 0.337. The fourth-order valence-electron chi connectivity index (χ4n) is 4.40. The molecule has 180 valence electrons. The van der Waals surface area contributed by atoms with E-state index in [0.29, 0.717) is 29.2 Å². The van der Waals surface area contributed by atoms with Crippen molar-refractivity contribution in [1.82, 2.24) is 24.9 Å². The first-order valence-electron chi connectivity index (χ1n) is 11.7. The average Bonchev–Trinajstić information content (AvgIpc) is 3.51. The van der Waals surface area contributed by atoms with Crippen LogP contribution in [-0.4, -0.2) is 25.5 Å². The SMILES string of the molecule is Cc1nn(-c2ccc(F)cc2)c(C)c1C(=O)NCc1ccccc1-c1ccc(Cn2cccn2)cc1. The molecule has 0 saturated heterocycles. The molecule has 5 aromatic rings. The van der Waals surface area contributed by atoms with Crippen LogP contribution in [-0.2, 0) is 13.1 Å². The van der Waals surface area contributed by atoms with E-state index >= 15 is 0 Å². The number of halogens is 1. The van der Waals surface area contributed by atoms with E-state index in [-0.39, 0.29) is 11.7 Å². The third-order valence-electron chi connectivity index (χ3n) is 6.22. The fourth-order valence-corrected chi connectivity index (χ4v) is 4.40. The largest absolute Gasteiger partial charge is 0.348 e. The number of nitrogens with zero attached hydrogens (tertiary/aromatic N) is 4. The van der Waals surface area contributed by atoms with Gasteiger partial charge in [-0.1, -0.05) is 48.5 Å². The molecule has 0 spiro atoms. The van der Waals surface area contributed by atoms with Crippen LogP contribution in [0.5, 0.6) is 0 Å². The number of amides is 1. The molecule has 3 aromatic carbocycles. The number of carbonyl (C=O) groups is 1. The lowest BCUT2D eigenvalue weighted by atomic mass is 9.98. The van der Waals surface area contributed by atoms with Crippen LogP contribution in [0.2, 0.25) is 0 Å². The van der Waals surface area contributed by atoms with E-state index in [4.69, 9.17) is 0 Å². The highest BCUT2D eigenvalue weighted by molar-refractivity contribution is 5.96. The Morgan fingerprint density at radius 3 is 2.42 bits per heavy atom. The summed E-state index contributed by atoms with van der Waals surface area (Å²) in [6.45, 7) is 4.75. The topological polar surface area (TPSA) is 64.7 Å². The number of hydrogen-bond acceptors (Lipinski definition) is 3. The Morgan fingerprint density at radius 1 is 0.944 bits per heavy atom. The minimum atomic E-state index is -0.315. The Hall–Kier alpha value is -4.52. The maximum atomic E-state index is 13.3. The number of hydrogen-bond donors (Lipinski definition) is 1. The van der Waals surface area contributed by atoms with Gasteiger partial charge in [0, 0.05) is 18.9 Å². The lowest BCUT2D eigenvalue weighted by Gasteiger charge is -2.12.